The fourth-order valence-electron chi connectivity index (χ4n) is 1.18. The van der Waals surface area contributed by atoms with E-state index in [4.69, 9.17) is 0 Å². The Labute approximate surface area is 93.5 Å². The summed E-state index contributed by atoms with van der Waals surface area (Å²) in [5, 5.41) is 14.3. The maximum absolute atomic E-state index is 11.4. The highest BCUT2D eigenvalue weighted by Crippen LogP contribution is 2.21. The van der Waals surface area contributed by atoms with E-state index in [1.54, 1.807) is 25.1 Å². The van der Waals surface area contributed by atoms with E-state index in [0.29, 0.717) is 12.2 Å². The van der Waals surface area contributed by atoms with Crippen molar-refractivity contribution in [3.63, 3.8) is 0 Å². The highest BCUT2D eigenvalue weighted by molar-refractivity contribution is 6.04. The number of phenols is 1. The molecule has 0 atom stereocenters. The summed E-state index contributed by atoms with van der Waals surface area (Å²) in [4.78, 5) is 22.5. The molecule has 5 heteroatoms. The molecule has 1 rings (SSSR count). The van der Waals surface area contributed by atoms with Crippen molar-refractivity contribution in [3.8, 4) is 5.75 Å². The molecule has 0 aliphatic rings. The van der Waals surface area contributed by atoms with E-state index < -0.39 is 5.91 Å². The Morgan fingerprint density at radius 1 is 1.25 bits per heavy atom. The summed E-state index contributed by atoms with van der Waals surface area (Å²) in [6, 6.07) is 6.35. The van der Waals surface area contributed by atoms with Crippen molar-refractivity contribution in [2.45, 2.75) is 13.3 Å². The van der Waals surface area contributed by atoms with E-state index in [1.807, 2.05) is 0 Å². The summed E-state index contributed by atoms with van der Waals surface area (Å²) in [5.74, 6) is -0.811. The molecule has 0 unspecified atom stereocenters. The van der Waals surface area contributed by atoms with Crippen LogP contribution in [0.4, 0.5) is 5.69 Å². The summed E-state index contributed by atoms with van der Waals surface area (Å²) in [5.41, 5.74) is 0.303. The largest absolute Gasteiger partial charge is 0.506 e. The van der Waals surface area contributed by atoms with E-state index in [1.165, 1.54) is 6.07 Å². The van der Waals surface area contributed by atoms with Crippen molar-refractivity contribution in [1.82, 2.24) is 5.32 Å². The second-order valence-corrected chi connectivity index (χ2v) is 3.20. The van der Waals surface area contributed by atoms with Crippen LogP contribution < -0.4 is 10.6 Å². The molecule has 5 nitrogen and oxygen atoms in total. The standard InChI is InChI=1S/C11H14N2O3/c1-2-12-10(15)7-11(16)13-8-5-3-4-6-9(8)14/h3-6,14H,2,7H2,1H3,(H,12,15)(H,13,16). The quantitative estimate of drug-likeness (QED) is 0.522. The minimum Gasteiger partial charge on any atom is -0.506 e. The first-order chi connectivity index (χ1) is 7.63. The van der Waals surface area contributed by atoms with Crippen molar-refractivity contribution in [3.05, 3.63) is 24.3 Å². The van der Waals surface area contributed by atoms with E-state index >= 15 is 0 Å². The number of phenolic OH excluding ortho intramolecular Hbond substituents is 1. The molecule has 0 saturated heterocycles. The Balaban J connectivity index is 2.52. The van der Waals surface area contributed by atoms with E-state index in [0.717, 1.165) is 0 Å². The predicted octanol–water partition coefficient (Wildman–Crippen LogP) is 0.857. The molecule has 0 saturated carbocycles. The van der Waals surface area contributed by atoms with Gasteiger partial charge in [-0.25, -0.2) is 0 Å². The summed E-state index contributed by atoms with van der Waals surface area (Å²) in [6.07, 6.45) is -0.248. The molecule has 0 radical (unpaired) electrons. The van der Waals surface area contributed by atoms with Crippen molar-refractivity contribution in [1.29, 1.82) is 0 Å². The monoisotopic (exact) mass is 222 g/mol. The van der Waals surface area contributed by atoms with Gasteiger partial charge in [0.1, 0.15) is 12.2 Å². The number of carbonyl (C=O) groups is 2. The summed E-state index contributed by atoms with van der Waals surface area (Å²) < 4.78 is 0. The van der Waals surface area contributed by atoms with Gasteiger partial charge in [0, 0.05) is 6.54 Å². The molecule has 3 N–H and O–H groups in total. The molecule has 0 aliphatic heterocycles. The van der Waals surface area contributed by atoms with Gasteiger partial charge >= 0.3 is 0 Å². The van der Waals surface area contributed by atoms with Crippen LogP contribution in [0.15, 0.2) is 24.3 Å². The zero-order valence-corrected chi connectivity index (χ0v) is 8.99. The zero-order chi connectivity index (χ0) is 12.0. The fourth-order valence-corrected chi connectivity index (χ4v) is 1.18. The van der Waals surface area contributed by atoms with Gasteiger partial charge in [-0.1, -0.05) is 12.1 Å². The summed E-state index contributed by atoms with van der Waals surface area (Å²) in [7, 11) is 0. The minimum atomic E-state index is -0.451. The average molecular weight is 222 g/mol. The number of carbonyl (C=O) groups excluding carboxylic acids is 2. The Morgan fingerprint density at radius 3 is 2.56 bits per heavy atom. The number of benzene rings is 1. The van der Waals surface area contributed by atoms with Crippen LogP contribution in [0, 0.1) is 0 Å². The van der Waals surface area contributed by atoms with Gasteiger partial charge in [0.2, 0.25) is 11.8 Å². The zero-order valence-electron chi connectivity index (χ0n) is 8.99. The highest BCUT2D eigenvalue weighted by atomic mass is 16.3. The third kappa shape index (κ3) is 3.61. The van der Waals surface area contributed by atoms with Crippen LogP contribution >= 0.6 is 0 Å². The average Bonchev–Trinajstić information content (AvgIpc) is 2.21. The number of hydrogen-bond donors (Lipinski definition) is 3. The second kappa shape index (κ2) is 5.75. The van der Waals surface area contributed by atoms with Crippen molar-refractivity contribution >= 4 is 17.5 Å². The number of aromatic hydroxyl groups is 1. The van der Waals surface area contributed by atoms with Crippen LogP contribution in [0.3, 0.4) is 0 Å². The van der Waals surface area contributed by atoms with Crippen LogP contribution in [0.1, 0.15) is 13.3 Å². The smallest absolute Gasteiger partial charge is 0.233 e. The molecule has 2 amide bonds. The maximum Gasteiger partial charge on any atom is 0.233 e. The lowest BCUT2D eigenvalue weighted by atomic mass is 10.3. The molecule has 0 fully saturated rings. The lowest BCUT2D eigenvalue weighted by Gasteiger charge is -2.06. The van der Waals surface area contributed by atoms with Crippen LogP contribution in [0.5, 0.6) is 5.75 Å². The molecule has 0 aliphatic carbocycles. The van der Waals surface area contributed by atoms with E-state index in [-0.39, 0.29) is 18.1 Å². The third-order valence-corrected chi connectivity index (χ3v) is 1.87. The SMILES string of the molecule is CCNC(=O)CC(=O)Nc1ccccc1O. The lowest BCUT2D eigenvalue weighted by molar-refractivity contribution is -0.126. The highest BCUT2D eigenvalue weighted by Gasteiger charge is 2.09. The first kappa shape index (κ1) is 12.0. The fraction of sp³-hybridized carbons (Fsp3) is 0.273. The number of hydrogen-bond acceptors (Lipinski definition) is 3. The molecule has 0 heterocycles. The van der Waals surface area contributed by atoms with Crippen LogP contribution in [-0.4, -0.2) is 23.5 Å². The molecule has 1 aromatic rings. The Kier molecular flexibility index (Phi) is 4.32. The summed E-state index contributed by atoms with van der Waals surface area (Å²) in [6.45, 7) is 2.27. The number of anilines is 1. The van der Waals surface area contributed by atoms with Gasteiger partial charge in [0.15, 0.2) is 0 Å². The van der Waals surface area contributed by atoms with E-state index in [2.05, 4.69) is 10.6 Å². The predicted molar refractivity (Wildman–Crippen MR) is 60.0 cm³/mol. The number of rotatable bonds is 4. The van der Waals surface area contributed by atoms with Gasteiger partial charge in [0.05, 0.1) is 5.69 Å². The third-order valence-electron chi connectivity index (χ3n) is 1.87. The van der Waals surface area contributed by atoms with Gasteiger partial charge in [0.25, 0.3) is 0 Å². The van der Waals surface area contributed by atoms with Gasteiger partial charge in [-0.15, -0.1) is 0 Å². The number of amides is 2. The molecular formula is C11H14N2O3. The molecule has 16 heavy (non-hydrogen) atoms. The van der Waals surface area contributed by atoms with Crippen molar-refractivity contribution < 1.29 is 14.7 Å². The van der Waals surface area contributed by atoms with Crippen molar-refractivity contribution in [2.75, 3.05) is 11.9 Å². The van der Waals surface area contributed by atoms with E-state index in [9.17, 15) is 14.7 Å². The number of nitrogens with one attached hydrogen (secondary N) is 2. The maximum atomic E-state index is 11.4. The van der Waals surface area contributed by atoms with Gasteiger partial charge in [-0.3, -0.25) is 9.59 Å². The molecule has 86 valence electrons. The Hall–Kier alpha value is -2.04. The lowest BCUT2D eigenvalue weighted by Crippen LogP contribution is -2.27. The van der Waals surface area contributed by atoms with Gasteiger partial charge < -0.3 is 15.7 Å². The number of para-hydroxylation sites is 2. The first-order valence-electron chi connectivity index (χ1n) is 4.98. The van der Waals surface area contributed by atoms with Crippen LogP contribution in [-0.2, 0) is 9.59 Å². The summed E-state index contributed by atoms with van der Waals surface area (Å²) >= 11 is 0. The van der Waals surface area contributed by atoms with Crippen molar-refractivity contribution in [2.24, 2.45) is 0 Å². The first-order valence-corrected chi connectivity index (χ1v) is 4.98. The molecular weight excluding hydrogens is 208 g/mol. The Bertz CT molecular complexity index is 391. The molecule has 1 aromatic carbocycles. The van der Waals surface area contributed by atoms with Gasteiger partial charge in [-0.05, 0) is 19.1 Å². The molecule has 0 spiro atoms. The normalized spacial score (nSPS) is 9.56. The molecule has 0 aromatic heterocycles. The van der Waals surface area contributed by atoms with Crippen LogP contribution in [0.2, 0.25) is 0 Å². The minimum absolute atomic E-state index is 0.0215. The van der Waals surface area contributed by atoms with Gasteiger partial charge in [-0.2, -0.15) is 0 Å². The Morgan fingerprint density at radius 2 is 1.94 bits per heavy atom. The van der Waals surface area contributed by atoms with Crippen LogP contribution in [0.25, 0.3) is 0 Å². The molecule has 0 bridgehead atoms. The topological polar surface area (TPSA) is 78.4 Å². The second-order valence-electron chi connectivity index (χ2n) is 3.20.